The third-order valence-corrected chi connectivity index (χ3v) is 3.63. The van der Waals surface area contributed by atoms with Crippen molar-refractivity contribution in [2.45, 2.75) is 0 Å². The van der Waals surface area contributed by atoms with Crippen LogP contribution >= 0.6 is 27.3 Å². The van der Waals surface area contributed by atoms with E-state index >= 15 is 0 Å². The summed E-state index contributed by atoms with van der Waals surface area (Å²) in [7, 11) is 0. The van der Waals surface area contributed by atoms with Crippen LogP contribution in [0.3, 0.4) is 0 Å². The fourth-order valence-corrected chi connectivity index (χ4v) is 2.45. The number of anilines is 1. The molecule has 1 amide bonds. The first-order valence-electron chi connectivity index (χ1n) is 4.75. The predicted octanol–water partition coefficient (Wildman–Crippen LogP) is 3.63. The van der Waals surface area contributed by atoms with Crippen molar-refractivity contribution in [1.82, 2.24) is 0 Å². The third-order valence-electron chi connectivity index (χ3n) is 2.13. The zero-order chi connectivity index (χ0) is 12.3. The number of nitriles is 1. The molecular weight excluding hydrogens is 300 g/mol. The first-order valence-corrected chi connectivity index (χ1v) is 6.42. The van der Waals surface area contributed by atoms with Crippen LogP contribution in [0.4, 0.5) is 5.69 Å². The van der Waals surface area contributed by atoms with Crippen LogP contribution in [0, 0.1) is 11.3 Å². The largest absolute Gasteiger partial charge is 0.321 e. The molecule has 5 heteroatoms. The highest BCUT2D eigenvalue weighted by atomic mass is 79.9. The lowest BCUT2D eigenvalue weighted by atomic mass is 10.2. The van der Waals surface area contributed by atoms with E-state index in [1.54, 1.807) is 35.7 Å². The Morgan fingerprint density at radius 2 is 2.18 bits per heavy atom. The molecule has 0 aliphatic carbocycles. The SMILES string of the molecule is N#Cc1ccccc1NC(=O)c1csc(Br)c1. The van der Waals surface area contributed by atoms with Gasteiger partial charge in [-0.25, -0.2) is 0 Å². The molecule has 0 aliphatic rings. The topological polar surface area (TPSA) is 52.9 Å². The van der Waals surface area contributed by atoms with Crippen molar-refractivity contribution in [3.05, 3.63) is 50.6 Å². The first kappa shape index (κ1) is 11.8. The summed E-state index contributed by atoms with van der Waals surface area (Å²) >= 11 is 4.74. The van der Waals surface area contributed by atoms with Gasteiger partial charge in [0.25, 0.3) is 5.91 Å². The van der Waals surface area contributed by atoms with Gasteiger partial charge in [-0.15, -0.1) is 11.3 Å². The van der Waals surface area contributed by atoms with Gasteiger partial charge in [0.05, 0.1) is 20.6 Å². The Bertz CT molecular complexity index is 601. The van der Waals surface area contributed by atoms with Crippen LogP contribution in [-0.4, -0.2) is 5.91 Å². The summed E-state index contributed by atoms with van der Waals surface area (Å²) in [5.41, 5.74) is 1.56. The van der Waals surface area contributed by atoms with E-state index in [1.807, 2.05) is 6.07 Å². The first-order chi connectivity index (χ1) is 8.20. The zero-order valence-corrected chi connectivity index (χ0v) is 11.0. The molecule has 84 valence electrons. The third kappa shape index (κ3) is 2.73. The van der Waals surface area contributed by atoms with Gasteiger partial charge in [0, 0.05) is 5.38 Å². The highest BCUT2D eigenvalue weighted by molar-refractivity contribution is 9.11. The molecule has 0 bridgehead atoms. The molecule has 0 saturated heterocycles. The van der Waals surface area contributed by atoms with Crippen LogP contribution in [-0.2, 0) is 0 Å². The summed E-state index contributed by atoms with van der Waals surface area (Å²) in [4.78, 5) is 11.9. The average Bonchev–Trinajstić information content (AvgIpc) is 2.77. The molecule has 1 heterocycles. The Hall–Kier alpha value is -1.64. The Morgan fingerprint density at radius 3 is 2.82 bits per heavy atom. The van der Waals surface area contributed by atoms with Crippen LogP contribution in [0.15, 0.2) is 39.5 Å². The number of para-hydroxylation sites is 1. The van der Waals surface area contributed by atoms with Gasteiger partial charge in [0.15, 0.2) is 0 Å². The van der Waals surface area contributed by atoms with Crippen molar-refractivity contribution >= 4 is 38.9 Å². The lowest BCUT2D eigenvalue weighted by Crippen LogP contribution is -2.11. The number of hydrogen-bond donors (Lipinski definition) is 1. The summed E-state index contributed by atoms with van der Waals surface area (Å²) in [6.07, 6.45) is 0. The Balaban J connectivity index is 2.22. The molecule has 0 aliphatic heterocycles. The molecule has 2 rings (SSSR count). The van der Waals surface area contributed by atoms with Crippen LogP contribution < -0.4 is 5.32 Å². The van der Waals surface area contributed by atoms with E-state index in [4.69, 9.17) is 5.26 Å². The predicted molar refractivity (Wildman–Crippen MR) is 71.1 cm³/mol. The minimum Gasteiger partial charge on any atom is -0.321 e. The summed E-state index contributed by atoms with van der Waals surface area (Å²) in [5, 5.41) is 13.4. The van der Waals surface area contributed by atoms with Gasteiger partial charge in [0.1, 0.15) is 6.07 Å². The monoisotopic (exact) mass is 306 g/mol. The fraction of sp³-hybridized carbons (Fsp3) is 0. The highest BCUT2D eigenvalue weighted by Crippen LogP contribution is 2.22. The Kier molecular flexibility index (Phi) is 3.57. The molecule has 0 atom stereocenters. The fourth-order valence-electron chi connectivity index (χ4n) is 1.31. The minimum atomic E-state index is -0.213. The number of thiophene rings is 1. The molecule has 1 aromatic carbocycles. The molecule has 3 nitrogen and oxygen atoms in total. The van der Waals surface area contributed by atoms with Crippen LogP contribution in [0.5, 0.6) is 0 Å². The van der Waals surface area contributed by atoms with Crippen molar-refractivity contribution in [3.8, 4) is 6.07 Å². The second kappa shape index (κ2) is 5.13. The van der Waals surface area contributed by atoms with Crippen molar-refractivity contribution in [1.29, 1.82) is 5.26 Å². The van der Waals surface area contributed by atoms with Gasteiger partial charge in [0.2, 0.25) is 0 Å². The van der Waals surface area contributed by atoms with Gasteiger partial charge in [-0.3, -0.25) is 4.79 Å². The van der Waals surface area contributed by atoms with Crippen molar-refractivity contribution in [3.63, 3.8) is 0 Å². The van der Waals surface area contributed by atoms with Crippen LogP contribution in [0.2, 0.25) is 0 Å². The number of amides is 1. The van der Waals surface area contributed by atoms with Gasteiger partial charge in [-0.1, -0.05) is 12.1 Å². The lowest BCUT2D eigenvalue weighted by Gasteiger charge is -2.04. The molecule has 2 aromatic rings. The minimum absolute atomic E-state index is 0.213. The smallest absolute Gasteiger partial charge is 0.256 e. The molecule has 17 heavy (non-hydrogen) atoms. The number of nitrogens with zero attached hydrogens (tertiary/aromatic N) is 1. The Labute approximate surface area is 111 Å². The van der Waals surface area contributed by atoms with E-state index < -0.39 is 0 Å². The van der Waals surface area contributed by atoms with Crippen molar-refractivity contribution < 1.29 is 4.79 Å². The summed E-state index contributed by atoms with van der Waals surface area (Å²) < 4.78 is 0.899. The number of rotatable bonds is 2. The van der Waals surface area contributed by atoms with Gasteiger partial charge in [-0.05, 0) is 34.1 Å². The number of nitrogens with one attached hydrogen (secondary N) is 1. The highest BCUT2D eigenvalue weighted by Gasteiger charge is 2.10. The number of benzene rings is 1. The zero-order valence-electron chi connectivity index (χ0n) is 8.61. The van der Waals surface area contributed by atoms with Crippen LogP contribution in [0.1, 0.15) is 15.9 Å². The van der Waals surface area contributed by atoms with E-state index in [0.29, 0.717) is 16.8 Å². The maximum atomic E-state index is 11.9. The number of carbonyl (C=O) groups is 1. The molecule has 1 N–H and O–H groups in total. The molecule has 0 saturated carbocycles. The molecule has 0 radical (unpaired) electrons. The number of hydrogen-bond acceptors (Lipinski definition) is 3. The second-order valence-corrected chi connectivity index (χ2v) is 5.54. The molecule has 0 spiro atoms. The van der Waals surface area contributed by atoms with Crippen LogP contribution in [0.25, 0.3) is 0 Å². The van der Waals surface area contributed by atoms with E-state index in [0.717, 1.165) is 3.79 Å². The summed E-state index contributed by atoms with van der Waals surface area (Å²) in [6.45, 7) is 0. The maximum Gasteiger partial charge on any atom is 0.256 e. The lowest BCUT2D eigenvalue weighted by molar-refractivity contribution is 0.102. The maximum absolute atomic E-state index is 11.9. The summed E-state index contributed by atoms with van der Waals surface area (Å²) in [5.74, 6) is -0.213. The van der Waals surface area contributed by atoms with Crippen molar-refractivity contribution in [2.24, 2.45) is 0 Å². The van der Waals surface area contributed by atoms with E-state index in [9.17, 15) is 4.79 Å². The average molecular weight is 307 g/mol. The summed E-state index contributed by atoms with van der Waals surface area (Å²) in [6, 6.07) is 10.7. The van der Waals surface area contributed by atoms with E-state index in [2.05, 4.69) is 21.2 Å². The number of halogens is 1. The normalized spacial score (nSPS) is 9.65. The second-order valence-electron chi connectivity index (χ2n) is 3.25. The molecule has 0 fully saturated rings. The van der Waals surface area contributed by atoms with E-state index in [-0.39, 0.29) is 5.91 Å². The molecule has 0 unspecified atom stereocenters. The molecular formula is C12H7BrN2OS. The molecule has 1 aromatic heterocycles. The Morgan fingerprint density at radius 1 is 1.41 bits per heavy atom. The van der Waals surface area contributed by atoms with Gasteiger partial charge < -0.3 is 5.32 Å². The van der Waals surface area contributed by atoms with E-state index in [1.165, 1.54) is 11.3 Å². The van der Waals surface area contributed by atoms with Crippen molar-refractivity contribution in [2.75, 3.05) is 5.32 Å². The standard InChI is InChI=1S/C12H7BrN2OS/c13-11-5-9(7-17-11)12(16)15-10-4-2-1-3-8(10)6-14/h1-5,7H,(H,15,16). The van der Waals surface area contributed by atoms with Gasteiger partial charge in [-0.2, -0.15) is 5.26 Å². The number of carbonyl (C=O) groups excluding carboxylic acids is 1. The van der Waals surface area contributed by atoms with Gasteiger partial charge >= 0.3 is 0 Å². The quantitative estimate of drug-likeness (QED) is 0.921.